The summed E-state index contributed by atoms with van der Waals surface area (Å²) < 4.78 is 13.4. The molecule has 3 N–H and O–H groups in total. The molecule has 4 heterocycles. The maximum Gasteiger partial charge on any atom is 0.256 e. The number of benzene rings is 1. The summed E-state index contributed by atoms with van der Waals surface area (Å²) in [5, 5.41) is 3.47. The van der Waals surface area contributed by atoms with Crippen molar-refractivity contribution in [2.24, 2.45) is 17.6 Å². The Bertz CT molecular complexity index is 682. The molecule has 2 bridgehead atoms. The van der Waals surface area contributed by atoms with Crippen LogP contribution in [0.5, 0.6) is 0 Å². The van der Waals surface area contributed by atoms with Crippen LogP contribution in [-0.4, -0.2) is 29.9 Å². The number of fused-ring (bicyclic) bond motifs is 3. The molecule has 3 saturated heterocycles. The van der Waals surface area contributed by atoms with Crippen LogP contribution < -0.4 is 11.1 Å². The third-order valence-corrected chi connectivity index (χ3v) is 7.34. The second kappa shape index (κ2) is 5.77. The van der Waals surface area contributed by atoms with Gasteiger partial charge in [0.15, 0.2) is 0 Å². The number of piperidine rings is 3. The third kappa shape index (κ3) is 2.35. The van der Waals surface area contributed by atoms with Gasteiger partial charge in [0.05, 0.1) is 4.91 Å². The van der Waals surface area contributed by atoms with Gasteiger partial charge in [0, 0.05) is 18.2 Å². The number of carbonyl (C=O) groups is 1. The van der Waals surface area contributed by atoms with Gasteiger partial charge in [0.1, 0.15) is 10.7 Å². The van der Waals surface area contributed by atoms with E-state index >= 15 is 0 Å². The molecule has 0 spiro atoms. The Labute approximate surface area is 145 Å². The Morgan fingerprint density at radius 2 is 2.00 bits per heavy atom. The molecule has 4 aliphatic heterocycles. The van der Waals surface area contributed by atoms with E-state index in [4.69, 9.17) is 5.73 Å². The zero-order valence-corrected chi connectivity index (χ0v) is 14.5. The smallest absolute Gasteiger partial charge is 0.256 e. The molecule has 1 aromatic rings. The molecule has 5 rings (SSSR count). The first kappa shape index (κ1) is 16.0. The summed E-state index contributed by atoms with van der Waals surface area (Å²) in [4.78, 5) is 14.3. The average Bonchev–Trinajstić information content (AvgIpc) is 3.03. The summed E-state index contributed by atoms with van der Waals surface area (Å²) >= 11 is 1.50. The lowest BCUT2D eigenvalue weighted by atomic mass is 9.69. The summed E-state index contributed by atoms with van der Waals surface area (Å²) in [6.07, 6.45) is 4.08. The van der Waals surface area contributed by atoms with E-state index in [-0.39, 0.29) is 5.82 Å². The first-order valence-electron chi connectivity index (χ1n) is 8.48. The number of amides is 1. The van der Waals surface area contributed by atoms with Crippen LogP contribution in [-0.2, 0) is 9.67 Å². The van der Waals surface area contributed by atoms with Gasteiger partial charge in [-0.15, -0.1) is 0 Å². The van der Waals surface area contributed by atoms with Gasteiger partial charge in [-0.25, -0.2) is 4.39 Å². The molecule has 0 aromatic heterocycles. The molecule has 4 aliphatic rings. The lowest BCUT2D eigenvalue weighted by Crippen LogP contribution is -2.61. The number of hydrogen-bond donors (Lipinski definition) is 2. The zero-order chi connectivity index (χ0) is 16.9. The van der Waals surface area contributed by atoms with Gasteiger partial charge in [0.25, 0.3) is 5.91 Å². The molecular formula is C18H22FN3OS. The Morgan fingerprint density at radius 1 is 1.33 bits per heavy atom. The second-order valence-corrected chi connectivity index (χ2v) is 8.29. The van der Waals surface area contributed by atoms with Crippen molar-refractivity contribution in [1.82, 2.24) is 10.2 Å². The number of rotatable bonds is 3. The van der Waals surface area contributed by atoms with Crippen molar-refractivity contribution in [3.63, 3.8) is 0 Å². The summed E-state index contributed by atoms with van der Waals surface area (Å²) in [5.41, 5.74) is 6.53. The van der Waals surface area contributed by atoms with Crippen molar-refractivity contribution < 1.29 is 9.18 Å². The first-order valence-corrected chi connectivity index (χ1v) is 9.30. The number of nitrogens with zero attached hydrogens (tertiary/aromatic N) is 1. The van der Waals surface area contributed by atoms with Crippen molar-refractivity contribution in [1.29, 1.82) is 0 Å². The molecule has 0 saturated carbocycles. The molecule has 3 fully saturated rings. The lowest BCUT2D eigenvalue weighted by molar-refractivity contribution is -0.113. The minimum absolute atomic E-state index is 0.248. The molecular weight excluding hydrogens is 325 g/mol. The molecule has 4 nitrogen and oxygen atoms in total. The number of halogens is 1. The minimum Gasteiger partial charge on any atom is -0.371 e. The van der Waals surface area contributed by atoms with E-state index in [2.05, 4.69) is 17.1 Å². The van der Waals surface area contributed by atoms with Gasteiger partial charge in [-0.05, 0) is 56.5 Å². The highest BCUT2D eigenvalue weighted by Crippen LogP contribution is 2.55. The number of carbonyl (C=O) groups excluding carboxylic acids is 1. The Hall–Kier alpha value is -1.53. The van der Waals surface area contributed by atoms with E-state index in [0.717, 1.165) is 18.7 Å². The maximum absolute atomic E-state index is 13.4. The predicted molar refractivity (Wildman–Crippen MR) is 93.3 cm³/mol. The van der Waals surface area contributed by atoms with Crippen LogP contribution in [0.1, 0.15) is 25.3 Å². The van der Waals surface area contributed by atoms with Crippen LogP contribution in [0.15, 0.2) is 35.4 Å². The number of primary amides is 1. The third-order valence-electron chi connectivity index (χ3n) is 5.85. The van der Waals surface area contributed by atoms with Crippen molar-refractivity contribution >= 4 is 17.7 Å². The van der Waals surface area contributed by atoms with Crippen LogP contribution >= 0.6 is 11.8 Å². The van der Waals surface area contributed by atoms with E-state index < -0.39 is 10.8 Å². The lowest BCUT2D eigenvalue weighted by Gasteiger charge is -2.55. The summed E-state index contributed by atoms with van der Waals surface area (Å²) in [7, 11) is 0. The van der Waals surface area contributed by atoms with Crippen molar-refractivity contribution in [3.8, 4) is 0 Å². The van der Waals surface area contributed by atoms with Crippen LogP contribution in [0.4, 0.5) is 4.39 Å². The fourth-order valence-electron chi connectivity index (χ4n) is 4.70. The van der Waals surface area contributed by atoms with Crippen LogP contribution in [0.3, 0.4) is 0 Å². The second-order valence-electron chi connectivity index (χ2n) is 7.00. The van der Waals surface area contributed by atoms with Crippen LogP contribution in [0.2, 0.25) is 0 Å². The highest BCUT2D eigenvalue weighted by Gasteiger charge is 2.54. The molecule has 0 aliphatic carbocycles. The monoisotopic (exact) mass is 347 g/mol. The normalized spacial score (nSPS) is 37.8. The highest BCUT2D eigenvalue weighted by molar-refractivity contribution is 8.05. The first-order chi connectivity index (χ1) is 11.5. The molecule has 1 aromatic carbocycles. The minimum atomic E-state index is -0.457. The topological polar surface area (TPSA) is 58.4 Å². The van der Waals surface area contributed by atoms with Gasteiger partial charge in [0.2, 0.25) is 0 Å². The average molecular weight is 347 g/mol. The quantitative estimate of drug-likeness (QED) is 0.881. The van der Waals surface area contributed by atoms with Gasteiger partial charge in [-0.3, -0.25) is 4.79 Å². The Morgan fingerprint density at radius 3 is 2.54 bits per heavy atom. The largest absolute Gasteiger partial charge is 0.371 e. The molecule has 6 heteroatoms. The molecule has 0 radical (unpaired) electrons. The fraction of sp³-hybridized carbons (Fsp3) is 0.500. The predicted octanol–water partition coefficient (Wildman–Crippen LogP) is 2.37. The Kier molecular flexibility index (Phi) is 3.84. The number of nitrogens with two attached hydrogens (primary N) is 1. The standard InChI is InChI=1S/C18H22FN3OS/c1-11-16(12-6-8-22(11)9-7-12)18(13-2-4-14(19)5-3-13)21-10-15(24-18)17(20)23/h2-5,10-12,16,21H,6-9H2,1H3,(H2,20,23)/t11-,16-,18?/m0/s1. The van der Waals surface area contributed by atoms with E-state index in [1.165, 1.54) is 36.7 Å². The molecule has 3 atom stereocenters. The summed E-state index contributed by atoms with van der Waals surface area (Å²) in [5.74, 6) is 0.270. The van der Waals surface area contributed by atoms with Gasteiger partial charge in [-0.1, -0.05) is 23.9 Å². The van der Waals surface area contributed by atoms with E-state index in [1.807, 2.05) is 12.1 Å². The van der Waals surface area contributed by atoms with E-state index in [9.17, 15) is 9.18 Å². The SMILES string of the molecule is C[C@H]1[C@H](C2(c3ccc(F)cc3)NC=C(C(N)=O)S2)C2CCN1CC2. The molecule has 1 unspecified atom stereocenters. The van der Waals surface area contributed by atoms with Crippen molar-refractivity contribution in [2.75, 3.05) is 13.1 Å². The van der Waals surface area contributed by atoms with Crippen LogP contribution in [0.25, 0.3) is 0 Å². The van der Waals surface area contributed by atoms with Gasteiger partial charge >= 0.3 is 0 Å². The molecule has 24 heavy (non-hydrogen) atoms. The molecule has 1 amide bonds. The number of nitrogens with one attached hydrogen (secondary N) is 1. The van der Waals surface area contributed by atoms with Crippen LogP contribution in [0, 0.1) is 17.7 Å². The maximum atomic E-state index is 13.4. The van der Waals surface area contributed by atoms with E-state index in [0.29, 0.717) is 22.8 Å². The number of thioether (sulfide) groups is 1. The zero-order valence-electron chi connectivity index (χ0n) is 13.7. The van der Waals surface area contributed by atoms with Crippen molar-refractivity contribution in [2.45, 2.75) is 30.7 Å². The number of hydrogen-bond acceptors (Lipinski definition) is 4. The van der Waals surface area contributed by atoms with Gasteiger partial charge < -0.3 is 16.0 Å². The summed E-state index contributed by atoms with van der Waals surface area (Å²) in [6.45, 7) is 4.55. The fourth-order valence-corrected chi connectivity index (χ4v) is 6.16. The van der Waals surface area contributed by atoms with E-state index in [1.54, 1.807) is 6.20 Å². The summed E-state index contributed by atoms with van der Waals surface area (Å²) in [6, 6.07) is 7.05. The molecule has 128 valence electrons. The highest BCUT2D eigenvalue weighted by atomic mass is 32.2. The van der Waals surface area contributed by atoms with Crippen molar-refractivity contribution in [3.05, 3.63) is 46.8 Å². The van der Waals surface area contributed by atoms with Gasteiger partial charge in [-0.2, -0.15) is 0 Å². The Balaban J connectivity index is 1.77.